The van der Waals surface area contributed by atoms with Gasteiger partial charge >= 0.3 is 0 Å². The first-order valence-corrected chi connectivity index (χ1v) is 9.83. The third kappa shape index (κ3) is 4.27. The van der Waals surface area contributed by atoms with Gasteiger partial charge in [-0.3, -0.25) is 29.3 Å². The van der Waals surface area contributed by atoms with Crippen molar-refractivity contribution in [2.24, 2.45) is 11.8 Å². The molecule has 1 fully saturated rings. The number of ether oxygens (including phenoxy) is 1. The van der Waals surface area contributed by atoms with Crippen LogP contribution in [0.25, 0.3) is 0 Å². The maximum absolute atomic E-state index is 13.2. The number of nitrogens with one attached hydrogen (secondary N) is 1. The van der Waals surface area contributed by atoms with Crippen LogP contribution in [0, 0.1) is 11.8 Å². The van der Waals surface area contributed by atoms with E-state index in [1.807, 2.05) is 13.8 Å². The van der Waals surface area contributed by atoms with Gasteiger partial charge in [-0.25, -0.2) is 5.48 Å². The highest BCUT2D eigenvalue weighted by atomic mass is 16.5. The highest BCUT2D eigenvalue weighted by Crippen LogP contribution is 2.26. The number of imide groups is 1. The molecule has 9 nitrogen and oxygen atoms in total. The molecule has 4 amide bonds. The van der Waals surface area contributed by atoms with Crippen LogP contribution in [0.4, 0.5) is 0 Å². The van der Waals surface area contributed by atoms with Crippen LogP contribution in [0.5, 0.6) is 0 Å². The third-order valence-corrected chi connectivity index (χ3v) is 5.10. The van der Waals surface area contributed by atoms with Crippen LogP contribution < -0.4 is 5.48 Å². The molecular weight excluding hydrogens is 390 g/mol. The van der Waals surface area contributed by atoms with E-state index in [-0.39, 0.29) is 35.1 Å². The molecule has 0 radical (unpaired) electrons. The Bertz CT molecular complexity index is 853. The number of rotatable bonds is 6. The molecule has 0 aromatic heterocycles. The van der Waals surface area contributed by atoms with E-state index in [0.29, 0.717) is 26.3 Å². The van der Waals surface area contributed by atoms with E-state index in [1.54, 1.807) is 40.7 Å². The fourth-order valence-corrected chi connectivity index (χ4v) is 3.63. The van der Waals surface area contributed by atoms with E-state index in [1.165, 1.54) is 0 Å². The Morgan fingerprint density at radius 1 is 1.13 bits per heavy atom. The molecule has 2 aliphatic heterocycles. The largest absolute Gasteiger partial charge is 0.378 e. The van der Waals surface area contributed by atoms with Gasteiger partial charge in [-0.15, -0.1) is 0 Å². The Hall–Kier alpha value is -3.04. The third-order valence-electron chi connectivity index (χ3n) is 5.10. The number of fused-ring (bicyclic) bond motifs is 1. The van der Waals surface area contributed by atoms with Crippen molar-refractivity contribution in [3.8, 4) is 0 Å². The monoisotopic (exact) mass is 415 g/mol. The number of morpholine rings is 1. The number of benzene rings is 1. The van der Waals surface area contributed by atoms with Gasteiger partial charge in [0.25, 0.3) is 23.6 Å². The van der Waals surface area contributed by atoms with E-state index in [0.717, 1.165) is 4.90 Å². The Labute approximate surface area is 174 Å². The van der Waals surface area contributed by atoms with Crippen molar-refractivity contribution < 1.29 is 29.1 Å². The summed E-state index contributed by atoms with van der Waals surface area (Å²) >= 11 is 0. The fourth-order valence-electron chi connectivity index (χ4n) is 3.63. The molecule has 0 spiro atoms. The Kier molecular flexibility index (Phi) is 6.63. The molecule has 0 aliphatic carbocycles. The zero-order valence-corrected chi connectivity index (χ0v) is 17.0. The zero-order valence-electron chi connectivity index (χ0n) is 17.0. The molecule has 1 aromatic rings. The molecule has 30 heavy (non-hydrogen) atoms. The van der Waals surface area contributed by atoms with Gasteiger partial charge in [0.1, 0.15) is 0 Å². The van der Waals surface area contributed by atoms with Gasteiger partial charge < -0.3 is 9.64 Å². The highest BCUT2D eigenvalue weighted by Gasteiger charge is 2.40. The fraction of sp³-hybridized carbons (Fsp3) is 0.429. The molecule has 160 valence electrons. The maximum atomic E-state index is 13.2. The number of nitrogens with zero attached hydrogens (tertiary/aromatic N) is 2. The molecule has 2 aliphatic rings. The van der Waals surface area contributed by atoms with Gasteiger partial charge in [0, 0.05) is 25.2 Å². The second kappa shape index (κ2) is 9.19. The number of allylic oxidation sites excluding steroid dienone is 1. The minimum Gasteiger partial charge on any atom is -0.378 e. The standard InChI is InChI=1S/C21H25N3O6/c1-13(2)11-16(19(26)23-7-9-30-10-8-23)17(18(25)22-29)12-24-20(27)14-5-3-4-6-15(14)21(24)28/h3-6,11,13,17,29H,7-10,12H2,1-2H3,(H,22,25)/b16-11-/t17-/m0/s1. The molecule has 3 rings (SSSR count). The van der Waals surface area contributed by atoms with Crippen LogP contribution in [-0.4, -0.2) is 71.5 Å². The van der Waals surface area contributed by atoms with Crippen molar-refractivity contribution in [1.29, 1.82) is 0 Å². The van der Waals surface area contributed by atoms with Gasteiger partial charge in [0.05, 0.1) is 30.3 Å². The van der Waals surface area contributed by atoms with Crippen molar-refractivity contribution in [3.63, 3.8) is 0 Å². The Balaban J connectivity index is 1.93. The first kappa shape index (κ1) is 21.7. The molecule has 1 aromatic carbocycles. The van der Waals surface area contributed by atoms with Crippen molar-refractivity contribution in [3.05, 3.63) is 47.0 Å². The summed E-state index contributed by atoms with van der Waals surface area (Å²) in [6.07, 6.45) is 1.63. The molecule has 1 atom stereocenters. The van der Waals surface area contributed by atoms with Gasteiger partial charge in [-0.05, 0) is 18.1 Å². The average molecular weight is 415 g/mol. The summed E-state index contributed by atoms with van der Waals surface area (Å²) in [6, 6.07) is 6.38. The number of amides is 4. The lowest BCUT2D eigenvalue weighted by Gasteiger charge is -2.31. The molecule has 9 heteroatoms. The van der Waals surface area contributed by atoms with Gasteiger partial charge in [-0.1, -0.05) is 32.1 Å². The predicted molar refractivity (Wildman–Crippen MR) is 106 cm³/mol. The summed E-state index contributed by atoms with van der Waals surface area (Å²) in [5.74, 6) is -3.60. The van der Waals surface area contributed by atoms with E-state index in [4.69, 9.17) is 4.74 Å². The lowest BCUT2D eigenvalue weighted by atomic mass is 9.92. The SMILES string of the molecule is CC(C)/C=C(\C(=O)N1CCOCC1)[C@H](CN1C(=O)c2ccccc2C1=O)C(=O)NO. The summed E-state index contributed by atoms with van der Waals surface area (Å²) in [4.78, 5) is 53.8. The topological polar surface area (TPSA) is 116 Å². The van der Waals surface area contributed by atoms with Crippen LogP contribution in [0.3, 0.4) is 0 Å². The first-order chi connectivity index (χ1) is 14.3. The number of carbonyl (C=O) groups excluding carboxylic acids is 4. The number of carbonyl (C=O) groups is 4. The average Bonchev–Trinajstić information content (AvgIpc) is 3.00. The predicted octanol–water partition coefficient (Wildman–Crippen LogP) is 0.845. The zero-order chi connectivity index (χ0) is 21.8. The minimum atomic E-state index is -1.21. The van der Waals surface area contributed by atoms with Crippen LogP contribution in [0.2, 0.25) is 0 Å². The molecular formula is C21H25N3O6. The van der Waals surface area contributed by atoms with Crippen LogP contribution >= 0.6 is 0 Å². The summed E-state index contributed by atoms with van der Waals surface area (Å²) < 4.78 is 5.28. The van der Waals surface area contributed by atoms with Gasteiger partial charge in [0.15, 0.2) is 0 Å². The summed E-state index contributed by atoms with van der Waals surface area (Å²) in [6.45, 7) is 4.86. The first-order valence-electron chi connectivity index (χ1n) is 9.83. The molecule has 0 saturated carbocycles. The van der Waals surface area contributed by atoms with Crippen LogP contribution in [-0.2, 0) is 14.3 Å². The highest BCUT2D eigenvalue weighted by molar-refractivity contribution is 6.21. The van der Waals surface area contributed by atoms with Crippen molar-refractivity contribution in [2.45, 2.75) is 13.8 Å². The maximum Gasteiger partial charge on any atom is 0.261 e. The molecule has 2 heterocycles. The number of hydrogen-bond donors (Lipinski definition) is 2. The van der Waals surface area contributed by atoms with Crippen LogP contribution in [0.15, 0.2) is 35.9 Å². The molecule has 0 bridgehead atoms. The second-order valence-corrected chi connectivity index (χ2v) is 7.57. The summed E-state index contributed by atoms with van der Waals surface area (Å²) in [7, 11) is 0. The van der Waals surface area contributed by atoms with E-state index < -0.39 is 23.6 Å². The van der Waals surface area contributed by atoms with Crippen molar-refractivity contribution in [1.82, 2.24) is 15.3 Å². The van der Waals surface area contributed by atoms with E-state index >= 15 is 0 Å². The molecule has 0 unspecified atom stereocenters. The minimum absolute atomic E-state index is 0.0823. The summed E-state index contributed by atoms with van der Waals surface area (Å²) in [5.41, 5.74) is 2.21. The Morgan fingerprint density at radius 3 is 2.20 bits per heavy atom. The van der Waals surface area contributed by atoms with Crippen LogP contribution in [0.1, 0.15) is 34.6 Å². The number of hydroxylamine groups is 1. The quantitative estimate of drug-likeness (QED) is 0.308. The number of hydrogen-bond acceptors (Lipinski definition) is 6. The van der Waals surface area contributed by atoms with Crippen molar-refractivity contribution in [2.75, 3.05) is 32.8 Å². The molecule has 1 saturated heterocycles. The normalized spacial score (nSPS) is 17.9. The van der Waals surface area contributed by atoms with E-state index in [9.17, 15) is 24.4 Å². The van der Waals surface area contributed by atoms with Gasteiger partial charge in [0.2, 0.25) is 0 Å². The Morgan fingerprint density at radius 2 is 1.70 bits per heavy atom. The summed E-state index contributed by atoms with van der Waals surface area (Å²) in [5, 5.41) is 9.30. The van der Waals surface area contributed by atoms with Gasteiger partial charge in [-0.2, -0.15) is 0 Å². The molecule has 2 N–H and O–H groups in total. The smallest absolute Gasteiger partial charge is 0.261 e. The second-order valence-electron chi connectivity index (χ2n) is 7.57. The van der Waals surface area contributed by atoms with Crippen molar-refractivity contribution >= 4 is 23.6 Å². The van der Waals surface area contributed by atoms with E-state index in [2.05, 4.69) is 0 Å². The lowest BCUT2D eigenvalue weighted by molar-refractivity contribution is -0.137. The lowest BCUT2D eigenvalue weighted by Crippen LogP contribution is -2.47.